The minimum atomic E-state index is -0.653. The third-order valence-corrected chi connectivity index (χ3v) is 2.52. The average molecular weight is 317 g/mol. The molecule has 1 amide bonds. The monoisotopic (exact) mass is 316 g/mol. The summed E-state index contributed by atoms with van der Waals surface area (Å²) >= 11 is 5.78. The molecule has 0 fully saturated rings. The van der Waals surface area contributed by atoms with Gasteiger partial charge in [-0.15, -0.1) is 5.06 Å². The summed E-state index contributed by atoms with van der Waals surface area (Å²) < 4.78 is 5.18. The summed E-state index contributed by atoms with van der Waals surface area (Å²) in [5, 5.41) is 11.6. The van der Waals surface area contributed by atoms with Gasteiger partial charge in [-0.2, -0.15) is 0 Å². The molecule has 116 valence electrons. The van der Waals surface area contributed by atoms with E-state index in [-0.39, 0.29) is 23.0 Å². The van der Waals surface area contributed by atoms with Crippen LogP contribution in [0.3, 0.4) is 0 Å². The number of nitrogens with zero attached hydrogens (tertiary/aromatic N) is 2. The normalized spacial score (nSPS) is 10.9. The highest BCUT2D eigenvalue weighted by molar-refractivity contribution is 6.32. The summed E-state index contributed by atoms with van der Waals surface area (Å²) in [5.41, 5.74) is -0.884. The highest BCUT2D eigenvalue weighted by Gasteiger charge is 2.23. The summed E-state index contributed by atoms with van der Waals surface area (Å²) in [6.45, 7) is 7.16. The molecule has 7 nitrogen and oxygen atoms in total. The molecule has 1 aromatic carbocycles. The molecular formula is C13H17ClN2O5. The van der Waals surface area contributed by atoms with Crippen molar-refractivity contribution in [1.82, 2.24) is 5.06 Å². The molecule has 1 aromatic rings. The van der Waals surface area contributed by atoms with E-state index in [1.165, 1.54) is 18.2 Å². The van der Waals surface area contributed by atoms with Gasteiger partial charge in [-0.3, -0.25) is 10.1 Å². The fourth-order valence-electron chi connectivity index (χ4n) is 1.36. The van der Waals surface area contributed by atoms with E-state index in [1.807, 2.05) is 0 Å². The lowest BCUT2D eigenvalue weighted by molar-refractivity contribution is -0.384. The zero-order valence-electron chi connectivity index (χ0n) is 12.3. The van der Waals surface area contributed by atoms with Crippen molar-refractivity contribution < 1.29 is 19.3 Å². The zero-order valence-corrected chi connectivity index (χ0v) is 13.0. The van der Waals surface area contributed by atoms with Crippen molar-refractivity contribution in [2.75, 3.05) is 6.54 Å². The van der Waals surface area contributed by atoms with E-state index in [4.69, 9.17) is 21.2 Å². The Hall–Kier alpha value is -2.02. The number of hydrogen-bond donors (Lipinski definition) is 0. The van der Waals surface area contributed by atoms with Crippen molar-refractivity contribution in [3.8, 4) is 5.75 Å². The van der Waals surface area contributed by atoms with Gasteiger partial charge in [-0.25, -0.2) is 4.79 Å². The number of rotatable bonds is 4. The van der Waals surface area contributed by atoms with Crippen LogP contribution in [0.4, 0.5) is 10.5 Å². The quantitative estimate of drug-likeness (QED) is 0.623. The first kappa shape index (κ1) is 17.0. The molecule has 0 spiro atoms. The van der Waals surface area contributed by atoms with Crippen LogP contribution in [0.15, 0.2) is 18.2 Å². The van der Waals surface area contributed by atoms with E-state index >= 15 is 0 Å². The second-order valence-corrected chi connectivity index (χ2v) is 5.54. The molecule has 0 saturated heterocycles. The number of benzene rings is 1. The zero-order chi connectivity index (χ0) is 16.2. The van der Waals surface area contributed by atoms with Crippen LogP contribution in [-0.2, 0) is 4.74 Å². The molecule has 21 heavy (non-hydrogen) atoms. The fourth-order valence-corrected chi connectivity index (χ4v) is 1.60. The fraction of sp³-hybridized carbons (Fsp3) is 0.462. The van der Waals surface area contributed by atoms with Gasteiger partial charge in [0, 0.05) is 12.1 Å². The van der Waals surface area contributed by atoms with Gasteiger partial charge in [0.25, 0.3) is 5.69 Å². The SMILES string of the molecule is CCN(Oc1ccc([N+](=O)[O-])c(Cl)c1)C(=O)OC(C)(C)C. The summed E-state index contributed by atoms with van der Waals surface area (Å²) in [6.07, 6.45) is -0.653. The van der Waals surface area contributed by atoms with Crippen molar-refractivity contribution in [2.45, 2.75) is 33.3 Å². The van der Waals surface area contributed by atoms with E-state index in [9.17, 15) is 14.9 Å². The number of hydroxylamine groups is 2. The Kier molecular flexibility index (Phi) is 5.37. The van der Waals surface area contributed by atoms with Gasteiger partial charge >= 0.3 is 6.09 Å². The smallest absolute Gasteiger partial charge is 0.442 e. The van der Waals surface area contributed by atoms with Crippen molar-refractivity contribution >= 4 is 23.4 Å². The van der Waals surface area contributed by atoms with Gasteiger partial charge in [0.2, 0.25) is 0 Å². The number of carbonyl (C=O) groups excluding carboxylic acids is 1. The van der Waals surface area contributed by atoms with Gasteiger partial charge in [0.15, 0.2) is 5.75 Å². The molecule has 0 atom stereocenters. The number of carbonyl (C=O) groups is 1. The summed E-state index contributed by atoms with van der Waals surface area (Å²) in [6, 6.07) is 3.84. The van der Waals surface area contributed by atoms with Gasteiger partial charge in [0.05, 0.1) is 11.5 Å². The Labute approximate surface area is 127 Å². The Morgan fingerprint density at radius 1 is 1.43 bits per heavy atom. The van der Waals surface area contributed by atoms with Crippen molar-refractivity contribution in [3.05, 3.63) is 33.3 Å². The van der Waals surface area contributed by atoms with Crippen molar-refractivity contribution in [3.63, 3.8) is 0 Å². The van der Waals surface area contributed by atoms with Crippen LogP contribution < -0.4 is 4.84 Å². The van der Waals surface area contributed by atoms with E-state index < -0.39 is 16.6 Å². The summed E-state index contributed by atoms with van der Waals surface area (Å²) in [7, 11) is 0. The maximum Gasteiger partial charge on any atom is 0.443 e. The number of ether oxygens (including phenoxy) is 1. The topological polar surface area (TPSA) is 81.9 Å². The molecule has 0 radical (unpaired) electrons. The maximum atomic E-state index is 11.9. The van der Waals surface area contributed by atoms with Crippen LogP contribution in [0, 0.1) is 10.1 Å². The largest absolute Gasteiger partial charge is 0.443 e. The average Bonchev–Trinajstić information content (AvgIpc) is 2.33. The summed E-state index contributed by atoms with van der Waals surface area (Å²) in [4.78, 5) is 27.3. The van der Waals surface area contributed by atoms with Crippen molar-refractivity contribution in [2.24, 2.45) is 0 Å². The predicted octanol–water partition coefficient (Wildman–Crippen LogP) is 3.80. The number of hydrogen-bond acceptors (Lipinski definition) is 5. The second kappa shape index (κ2) is 6.62. The van der Waals surface area contributed by atoms with E-state index in [0.29, 0.717) is 0 Å². The molecule has 0 aliphatic carbocycles. The minimum absolute atomic E-state index is 0.0715. The molecule has 0 aromatic heterocycles. The molecule has 1 rings (SSSR count). The van der Waals surface area contributed by atoms with Crippen LogP contribution in [0.5, 0.6) is 5.75 Å². The lowest BCUT2D eigenvalue weighted by Gasteiger charge is -2.26. The number of nitro groups is 1. The van der Waals surface area contributed by atoms with Crippen LogP contribution in [0.2, 0.25) is 5.02 Å². The highest BCUT2D eigenvalue weighted by atomic mass is 35.5. The first-order valence-electron chi connectivity index (χ1n) is 6.26. The maximum absolute atomic E-state index is 11.9. The standard InChI is InChI=1S/C13H17ClN2O5/c1-5-15(12(17)20-13(2,3)4)21-9-6-7-11(16(18)19)10(14)8-9/h6-8H,5H2,1-4H3. The van der Waals surface area contributed by atoms with Crippen LogP contribution in [0.1, 0.15) is 27.7 Å². The van der Waals surface area contributed by atoms with Crippen LogP contribution >= 0.6 is 11.6 Å². The Morgan fingerprint density at radius 2 is 2.05 bits per heavy atom. The summed E-state index contributed by atoms with van der Waals surface area (Å²) in [5.74, 6) is 0.207. The molecule has 0 heterocycles. The van der Waals surface area contributed by atoms with Crippen LogP contribution in [0.25, 0.3) is 0 Å². The van der Waals surface area contributed by atoms with Gasteiger partial charge in [0.1, 0.15) is 10.6 Å². The Bertz CT molecular complexity index is 542. The minimum Gasteiger partial charge on any atom is -0.442 e. The molecule has 0 N–H and O–H groups in total. The molecule has 8 heteroatoms. The van der Waals surface area contributed by atoms with Gasteiger partial charge < -0.3 is 9.57 Å². The molecule has 0 bridgehead atoms. The van der Waals surface area contributed by atoms with Crippen LogP contribution in [-0.4, -0.2) is 28.2 Å². The van der Waals surface area contributed by atoms with E-state index in [2.05, 4.69) is 0 Å². The predicted molar refractivity (Wildman–Crippen MR) is 77.3 cm³/mol. The third-order valence-electron chi connectivity index (χ3n) is 2.22. The Balaban J connectivity index is 2.85. The van der Waals surface area contributed by atoms with Gasteiger partial charge in [-0.1, -0.05) is 11.6 Å². The third kappa shape index (κ3) is 5.11. The Morgan fingerprint density at radius 3 is 2.48 bits per heavy atom. The molecule has 0 aliphatic rings. The second-order valence-electron chi connectivity index (χ2n) is 5.14. The highest BCUT2D eigenvalue weighted by Crippen LogP contribution is 2.28. The first-order valence-corrected chi connectivity index (χ1v) is 6.64. The van der Waals surface area contributed by atoms with E-state index in [0.717, 1.165) is 5.06 Å². The van der Waals surface area contributed by atoms with E-state index in [1.54, 1.807) is 27.7 Å². The number of amides is 1. The molecular weight excluding hydrogens is 300 g/mol. The lowest BCUT2D eigenvalue weighted by atomic mass is 10.2. The molecule has 0 saturated carbocycles. The lowest BCUT2D eigenvalue weighted by Crippen LogP contribution is -2.38. The van der Waals surface area contributed by atoms with Gasteiger partial charge in [-0.05, 0) is 33.8 Å². The molecule has 0 aliphatic heterocycles. The molecule has 0 unspecified atom stereocenters. The first-order chi connectivity index (χ1) is 9.64. The number of halogens is 1. The van der Waals surface area contributed by atoms with Crippen molar-refractivity contribution in [1.29, 1.82) is 0 Å². The number of nitro benzene ring substituents is 1.